The van der Waals surface area contributed by atoms with Gasteiger partial charge in [-0.05, 0) is 23.8 Å². The lowest BCUT2D eigenvalue weighted by atomic mass is 9.96. The monoisotopic (exact) mass is 277 g/mol. The average Bonchev–Trinajstić information content (AvgIpc) is 2.96. The summed E-state index contributed by atoms with van der Waals surface area (Å²) in [5, 5.41) is 6.21. The maximum atomic E-state index is 6.07. The van der Waals surface area contributed by atoms with Crippen molar-refractivity contribution in [3.63, 3.8) is 0 Å². The minimum absolute atomic E-state index is 0.285. The largest absolute Gasteiger partial charge is 0.355 e. The fourth-order valence-corrected chi connectivity index (χ4v) is 3.47. The van der Waals surface area contributed by atoms with Crippen molar-refractivity contribution < 1.29 is 4.52 Å². The molecule has 2 aromatic rings. The Morgan fingerprint density at radius 2 is 2.42 bits per heavy atom. The van der Waals surface area contributed by atoms with Crippen molar-refractivity contribution in [2.75, 3.05) is 13.1 Å². The highest BCUT2D eigenvalue weighted by molar-refractivity contribution is 7.13. The lowest BCUT2D eigenvalue weighted by molar-refractivity contribution is 0.155. The molecule has 0 saturated carbocycles. The van der Waals surface area contributed by atoms with Gasteiger partial charge < -0.3 is 10.3 Å². The molecule has 1 aliphatic rings. The number of nitrogens with two attached hydrogens (primary N) is 1. The number of hydrogen-bond donors (Lipinski definition) is 1. The lowest BCUT2D eigenvalue weighted by Gasteiger charge is -2.34. The van der Waals surface area contributed by atoms with E-state index in [1.165, 1.54) is 0 Å². The molecule has 0 radical (unpaired) electrons. The predicted molar refractivity (Wildman–Crippen MR) is 76.8 cm³/mol. The maximum Gasteiger partial charge on any atom is 0.177 e. The number of thiophene rings is 1. The van der Waals surface area contributed by atoms with Crippen molar-refractivity contribution in [1.82, 2.24) is 10.1 Å². The number of aromatic nitrogens is 1. The first-order chi connectivity index (χ1) is 9.20. The number of likely N-dealkylation sites (tertiary alicyclic amines) is 1. The first-order valence-electron chi connectivity index (χ1n) is 6.68. The van der Waals surface area contributed by atoms with E-state index in [4.69, 9.17) is 10.3 Å². The minimum Gasteiger partial charge on any atom is -0.355 e. The first-order valence-corrected chi connectivity index (χ1v) is 7.56. The highest BCUT2D eigenvalue weighted by Gasteiger charge is 2.23. The van der Waals surface area contributed by atoms with Gasteiger partial charge in [0.2, 0.25) is 0 Å². The lowest BCUT2D eigenvalue weighted by Crippen LogP contribution is -2.45. The summed E-state index contributed by atoms with van der Waals surface area (Å²) in [6, 6.07) is 6.39. The maximum absolute atomic E-state index is 6.07. The molecule has 0 bridgehead atoms. The van der Waals surface area contributed by atoms with Crippen molar-refractivity contribution >= 4 is 11.3 Å². The topological polar surface area (TPSA) is 55.3 Å². The molecule has 1 fully saturated rings. The van der Waals surface area contributed by atoms with E-state index in [0.29, 0.717) is 5.92 Å². The van der Waals surface area contributed by atoms with Crippen LogP contribution in [-0.4, -0.2) is 29.2 Å². The van der Waals surface area contributed by atoms with Crippen LogP contribution < -0.4 is 5.73 Å². The molecule has 2 N–H and O–H groups in total. The Kier molecular flexibility index (Phi) is 3.68. The SMILES string of the molecule is CC1CC(N)CN(Cc2cc(-c3cccs3)on2)C1. The first kappa shape index (κ1) is 12.8. The summed E-state index contributed by atoms with van der Waals surface area (Å²) in [6.45, 7) is 5.12. The van der Waals surface area contributed by atoms with Gasteiger partial charge in [0.25, 0.3) is 0 Å². The van der Waals surface area contributed by atoms with Crippen molar-refractivity contribution in [2.24, 2.45) is 11.7 Å². The molecule has 2 atom stereocenters. The molecular weight excluding hydrogens is 258 g/mol. The molecule has 19 heavy (non-hydrogen) atoms. The fourth-order valence-electron chi connectivity index (χ4n) is 2.79. The number of nitrogens with zero attached hydrogens (tertiary/aromatic N) is 2. The summed E-state index contributed by atoms with van der Waals surface area (Å²) in [5.74, 6) is 1.52. The van der Waals surface area contributed by atoms with Gasteiger partial charge in [0, 0.05) is 31.7 Å². The summed E-state index contributed by atoms with van der Waals surface area (Å²) in [7, 11) is 0. The minimum atomic E-state index is 0.285. The van der Waals surface area contributed by atoms with Gasteiger partial charge in [0.15, 0.2) is 5.76 Å². The molecule has 102 valence electrons. The van der Waals surface area contributed by atoms with Crippen LogP contribution in [0.1, 0.15) is 19.0 Å². The summed E-state index contributed by atoms with van der Waals surface area (Å²) in [6.07, 6.45) is 1.12. The number of hydrogen-bond acceptors (Lipinski definition) is 5. The standard InChI is InChI=1S/C14H19N3OS/c1-10-5-11(15)8-17(7-10)9-12-6-13(18-16-12)14-3-2-4-19-14/h2-4,6,10-11H,5,7-9,15H2,1H3. The third-order valence-electron chi connectivity index (χ3n) is 3.48. The van der Waals surface area contributed by atoms with E-state index in [-0.39, 0.29) is 6.04 Å². The van der Waals surface area contributed by atoms with Crippen LogP contribution in [0, 0.1) is 5.92 Å². The van der Waals surface area contributed by atoms with Crippen LogP contribution in [0.25, 0.3) is 10.6 Å². The second-order valence-electron chi connectivity index (χ2n) is 5.45. The van der Waals surface area contributed by atoms with Crippen LogP contribution in [-0.2, 0) is 6.54 Å². The van der Waals surface area contributed by atoms with E-state index < -0.39 is 0 Å². The van der Waals surface area contributed by atoms with Crippen LogP contribution in [0.15, 0.2) is 28.1 Å². The number of piperidine rings is 1. The highest BCUT2D eigenvalue weighted by atomic mass is 32.1. The van der Waals surface area contributed by atoms with E-state index in [1.807, 2.05) is 23.6 Å². The van der Waals surface area contributed by atoms with Crippen LogP contribution in [0.4, 0.5) is 0 Å². The van der Waals surface area contributed by atoms with Gasteiger partial charge in [0.05, 0.1) is 10.6 Å². The van der Waals surface area contributed by atoms with Gasteiger partial charge in [-0.25, -0.2) is 0 Å². The summed E-state index contributed by atoms with van der Waals surface area (Å²) in [5.41, 5.74) is 7.06. The molecule has 5 heteroatoms. The van der Waals surface area contributed by atoms with E-state index in [2.05, 4.69) is 17.0 Å². The normalized spacial score (nSPS) is 24.7. The Hall–Kier alpha value is -1.17. The highest BCUT2D eigenvalue weighted by Crippen LogP contribution is 2.26. The number of rotatable bonds is 3. The van der Waals surface area contributed by atoms with Gasteiger partial charge in [-0.1, -0.05) is 18.1 Å². The quantitative estimate of drug-likeness (QED) is 0.937. The third kappa shape index (κ3) is 3.05. The molecule has 1 saturated heterocycles. The second kappa shape index (κ2) is 5.45. The van der Waals surface area contributed by atoms with Crippen LogP contribution in [0.2, 0.25) is 0 Å². The van der Waals surface area contributed by atoms with Gasteiger partial charge in [-0.15, -0.1) is 11.3 Å². The van der Waals surface area contributed by atoms with Gasteiger partial charge in [-0.2, -0.15) is 0 Å². The summed E-state index contributed by atoms with van der Waals surface area (Å²) < 4.78 is 5.41. The molecule has 0 aliphatic carbocycles. The molecule has 0 amide bonds. The molecule has 2 aromatic heterocycles. The van der Waals surface area contributed by atoms with Crippen molar-refractivity contribution in [2.45, 2.75) is 25.9 Å². The van der Waals surface area contributed by atoms with E-state index in [0.717, 1.165) is 42.4 Å². The van der Waals surface area contributed by atoms with Crippen molar-refractivity contribution in [1.29, 1.82) is 0 Å². The molecule has 0 spiro atoms. The molecule has 3 heterocycles. The van der Waals surface area contributed by atoms with E-state index in [1.54, 1.807) is 11.3 Å². The zero-order valence-electron chi connectivity index (χ0n) is 11.1. The Morgan fingerprint density at radius 1 is 1.53 bits per heavy atom. The van der Waals surface area contributed by atoms with Gasteiger partial charge in [0.1, 0.15) is 0 Å². The average molecular weight is 277 g/mol. The Morgan fingerprint density at radius 3 is 3.16 bits per heavy atom. The van der Waals surface area contributed by atoms with E-state index in [9.17, 15) is 0 Å². The molecule has 1 aliphatic heterocycles. The Bertz CT molecular complexity index is 513. The summed E-state index contributed by atoms with van der Waals surface area (Å²) in [4.78, 5) is 3.50. The smallest absolute Gasteiger partial charge is 0.177 e. The molecule has 2 unspecified atom stereocenters. The van der Waals surface area contributed by atoms with Crippen LogP contribution in [0.3, 0.4) is 0 Å². The third-order valence-corrected chi connectivity index (χ3v) is 4.36. The van der Waals surface area contributed by atoms with Gasteiger partial charge in [-0.3, -0.25) is 4.90 Å². The Balaban J connectivity index is 1.67. The fraction of sp³-hybridized carbons (Fsp3) is 0.500. The molecule has 0 aromatic carbocycles. The van der Waals surface area contributed by atoms with Crippen LogP contribution in [0.5, 0.6) is 0 Å². The predicted octanol–water partition coefficient (Wildman–Crippen LogP) is 2.57. The summed E-state index contributed by atoms with van der Waals surface area (Å²) >= 11 is 1.67. The molecule has 3 rings (SSSR count). The van der Waals surface area contributed by atoms with Crippen molar-refractivity contribution in [3.05, 3.63) is 29.3 Å². The van der Waals surface area contributed by atoms with Crippen molar-refractivity contribution in [3.8, 4) is 10.6 Å². The zero-order chi connectivity index (χ0) is 13.2. The zero-order valence-corrected chi connectivity index (χ0v) is 11.9. The van der Waals surface area contributed by atoms with Gasteiger partial charge >= 0.3 is 0 Å². The second-order valence-corrected chi connectivity index (χ2v) is 6.40. The van der Waals surface area contributed by atoms with Crippen LogP contribution >= 0.6 is 11.3 Å². The molecule has 4 nitrogen and oxygen atoms in total. The Labute approximate surface area is 117 Å². The van der Waals surface area contributed by atoms with E-state index >= 15 is 0 Å². The molecular formula is C14H19N3OS.